The number of carbonyl (C=O) groups is 1. The molecule has 48 valence electrons. The third kappa shape index (κ3) is 6.06. The highest BCUT2D eigenvalue weighted by Crippen LogP contribution is 1.93. The van der Waals surface area contributed by atoms with Crippen molar-refractivity contribution in [3.8, 4) is 0 Å². The second-order valence-corrected chi connectivity index (χ2v) is 2.01. The van der Waals surface area contributed by atoms with Crippen molar-refractivity contribution >= 4 is 15.2 Å². The summed E-state index contributed by atoms with van der Waals surface area (Å²) in [5, 5.41) is 0. The minimum absolute atomic E-state index is 0.229. The van der Waals surface area contributed by atoms with Gasteiger partial charge >= 0.3 is 0 Å². The minimum Gasteiger partial charge on any atom is -0.366 e. The summed E-state index contributed by atoms with van der Waals surface area (Å²) < 4.78 is 4.66. The van der Waals surface area contributed by atoms with Crippen LogP contribution in [-0.4, -0.2) is 12.4 Å². The Bertz CT molecular complexity index is 72.8. The van der Waals surface area contributed by atoms with Crippen LogP contribution in [0.4, 0.5) is 0 Å². The van der Waals surface area contributed by atoms with E-state index in [1.807, 2.05) is 0 Å². The topological polar surface area (TPSA) is 26.3 Å². The molecule has 0 saturated heterocycles. The molecule has 3 heteroatoms. The lowest BCUT2D eigenvalue weighted by molar-refractivity contribution is -0.117. The van der Waals surface area contributed by atoms with Gasteiger partial charge in [0.1, 0.15) is 5.78 Å². The van der Waals surface area contributed by atoms with E-state index in [2.05, 4.69) is 14.0 Å². The van der Waals surface area contributed by atoms with E-state index >= 15 is 0 Å². The molecule has 0 aliphatic carbocycles. The summed E-state index contributed by atoms with van der Waals surface area (Å²) in [6.45, 7) is 2.24. The van der Waals surface area contributed by atoms with Gasteiger partial charge in [-0.05, 0) is 13.3 Å². The van der Waals surface area contributed by atoms with Crippen LogP contribution in [0, 0.1) is 0 Å². The number of rotatable bonds is 4. The van der Waals surface area contributed by atoms with Gasteiger partial charge in [-0.25, -0.2) is 0 Å². The third-order valence-electron chi connectivity index (χ3n) is 0.791. The zero-order chi connectivity index (χ0) is 6.41. The van der Waals surface area contributed by atoms with Crippen molar-refractivity contribution in [3.05, 3.63) is 0 Å². The first-order valence-corrected chi connectivity index (χ1v) is 3.05. The Morgan fingerprint density at radius 3 is 2.75 bits per heavy atom. The zero-order valence-corrected chi connectivity index (χ0v) is 6.17. The Balaban J connectivity index is 2.82. The Hall–Kier alpha value is 0.0600. The van der Waals surface area contributed by atoms with Crippen molar-refractivity contribution < 1.29 is 9.32 Å². The molecule has 0 fully saturated rings. The summed E-state index contributed by atoms with van der Waals surface area (Å²) in [7, 11) is 2.15. The predicted molar refractivity (Wildman–Crippen MR) is 35.6 cm³/mol. The van der Waals surface area contributed by atoms with E-state index in [1.54, 1.807) is 6.92 Å². The summed E-state index contributed by atoms with van der Waals surface area (Å²) in [5.41, 5.74) is 0. The highest BCUT2D eigenvalue weighted by molar-refractivity contribution is 7.09. The second kappa shape index (κ2) is 5.20. The fourth-order valence-corrected chi connectivity index (χ4v) is 0.571. The number of hydrogen-bond donors (Lipinski definition) is 0. The zero-order valence-electron chi connectivity index (χ0n) is 5.02. The second-order valence-electron chi connectivity index (χ2n) is 1.68. The van der Waals surface area contributed by atoms with E-state index in [-0.39, 0.29) is 5.78 Å². The van der Waals surface area contributed by atoms with Crippen molar-refractivity contribution in [1.29, 1.82) is 0 Å². The fourth-order valence-electron chi connectivity index (χ4n) is 0.404. The first-order chi connectivity index (χ1) is 3.77. The molecule has 0 aromatic heterocycles. The molecule has 0 spiro atoms. The molecule has 0 radical (unpaired) electrons. The van der Waals surface area contributed by atoms with Crippen molar-refractivity contribution in [2.75, 3.05) is 6.61 Å². The van der Waals surface area contributed by atoms with Crippen LogP contribution in [-0.2, 0) is 9.32 Å². The van der Waals surface area contributed by atoms with E-state index < -0.39 is 0 Å². The summed E-state index contributed by atoms with van der Waals surface area (Å²) in [5.74, 6) is 0.229. The molecule has 2 nitrogen and oxygen atoms in total. The Morgan fingerprint density at radius 2 is 2.38 bits per heavy atom. The Labute approximate surface area is 51.9 Å². The molecule has 0 aliphatic heterocycles. The predicted octanol–water partition coefficient (Wildman–Crippen LogP) is 1.16. The summed E-state index contributed by atoms with van der Waals surface area (Å²) in [6, 6.07) is 0. The lowest BCUT2D eigenvalue weighted by Gasteiger charge is -1.92. The largest absolute Gasteiger partial charge is 0.366 e. The summed E-state index contributed by atoms with van der Waals surface area (Å²) >= 11 is 0. The monoisotopic (exact) mass is 134 g/mol. The first kappa shape index (κ1) is 8.06. The van der Waals surface area contributed by atoms with E-state index in [0.29, 0.717) is 13.0 Å². The van der Waals surface area contributed by atoms with Gasteiger partial charge in [-0.3, -0.25) is 0 Å². The number of ketones is 1. The quantitative estimate of drug-likeness (QED) is 0.426. The van der Waals surface area contributed by atoms with Crippen LogP contribution in [0.5, 0.6) is 0 Å². The van der Waals surface area contributed by atoms with Gasteiger partial charge in [-0.15, -0.1) is 0 Å². The summed E-state index contributed by atoms with van der Waals surface area (Å²) in [4.78, 5) is 10.3. The van der Waals surface area contributed by atoms with Gasteiger partial charge in [0.05, 0.1) is 6.61 Å². The van der Waals surface area contributed by atoms with Crippen molar-refractivity contribution in [3.63, 3.8) is 0 Å². The maximum Gasteiger partial charge on any atom is 0.129 e. The van der Waals surface area contributed by atoms with Crippen LogP contribution < -0.4 is 0 Å². The molecule has 8 heavy (non-hydrogen) atoms. The van der Waals surface area contributed by atoms with Crippen LogP contribution in [0.2, 0.25) is 0 Å². The average Bonchev–Trinajstić information content (AvgIpc) is 1.66. The molecular weight excluding hydrogens is 123 g/mol. The third-order valence-corrected chi connectivity index (χ3v) is 1.03. The first-order valence-electron chi connectivity index (χ1n) is 2.58. The molecule has 1 atom stereocenters. The van der Waals surface area contributed by atoms with Gasteiger partial charge in [0.15, 0.2) is 0 Å². The standard InChI is InChI=1S/C5H11O2P/c1-5(6)3-2-4-7-8/h2-4,8H2,1H3. The van der Waals surface area contributed by atoms with E-state index in [1.165, 1.54) is 0 Å². The van der Waals surface area contributed by atoms with Gasteiger partial charge in [0.2, 0.25) is 0 Å². The molecule has 0 aromatic carbocycles. The molecule has 0 N–H and O–H groups in total. The van der Waals surface area contributed by atoms with E-state index in [4.69, 9.17) is 0 Å². The highest BCUT2D eigenvalue weighted by Gasteiger charge is 1.90. The molecular formula is C5H11O2P. The van der Waals surface area contributed by atoms with Crippen LogP contribution in [0.15, 0.2) is 0 Å². The van der Waals surface area contributed by atoms with Gasteiger partial charge in [0.25, 0.3) is 0 Å². The van der Waals surface area contributed by atoms with Crippen molar-refractivity contribution in [2.24, 2.45) is 0 Å². The Kier molecular flexibility index (Phi) is 5.24. The summed E-state index contributed by atoms with van der Waals surface area (Å²) in [6.07, 6.45) is 1.47. The van der Waals surface area contributed by atoms with Crippen LogP contribution >= 0.6 is 9.47 Å². The molecule has 0 amide bonds. The van der Waals surface area contributed by atoms with Crippen molar-refractivity contribution in [1.82, 2.24) is 0 Å². The molecule has 0 rings (SSSR count). The SMILES string of the molecule is CC(=O)CCCOP. The number of carbonyl (C=O) groups excluding carboxylic acids is 1. The molecule has 0 bridgehead atoms. The molecule has 0 aliphatic rings. The van der Waals surface area contributed by atoms with Gasteiger partial charge in [0, 0.05) is 15.9 Å². The van der Waals surface area contributed by atoms with Crippen LogP contribution in [0.3, 0.4) is 0 Å². The van der Waals surface area contributed by atoms with Crippen LogP contribution in [0.25, 0.3) is 0 Å². The highest BCUT2D eigenvalue weighted by atomic mass is 31.0. The molecule has 0 saturated carbocycles. The minimum atomic E-state index is 0.229. The van der Waals surface area contributed by atoms with Crippen LogP contribution in [0.1, 0.15) is 19.8 Å². The van der Waals surface area contributed by atoms with Gasteiger partial charge < -0.3 is 9.32 Å². The number of hydrogen-bond acceptors (Lipinski definition) is 2. The van der Waals surface area contributed by atoms with Gasteiger partial charge in [-0.2, -0.15) is 0 Å². The maximum atomic E-state index is 10.3. The molecule has 0 heterocycles. The van der Waals surface area contributed by atoms with E-state index in [9.17, 15) is 4.79 Å². The van der Waals surface area contributed by atoms with E-state index in [0.717, 1.165) is 6.42 Å². The lowest BCUT2D eigenvalue weighted by Crippen LogP contribution is -1.92. The average molecular weight is 134 g/mol. The van der Waals surface area contributed by atoms with Crippen molar-refractivity contribution in [2.45, 2.75) is 19.8 Å². The number of Topliss-reactive ketones (excluding diaryl/α,β-unsaturated/α-hetero) is 1. The molecule has 1 unspecified atom stereocenters. The maximum absolute atomic E-state index is 10.3. The normalized spacial score (nSPS) is 9.25. The molecule has 0 aromatic rings. The Morgan fingerprint density at radius 1 is 1.75 bits per heavy atom. The lowest BCUT2D eigenvalue weighted by atomic mass is 10.2. The van der Waals surface area contributed by atoms with Gasteiger partial charge in [-0.1, -0.05) is 0 Å². The smallest absolute Gasteiger partial charge is 0.129 e. The fraction of sp³-hybridized carbons (Fsp3) is 0.800.